The minimum Gasteiger partial charge on any atom is -0.383 e. The van der Waals surface area contributed by atoms with Crippen LogP contribution in [0.2, 0.25) is 0 Å². The van der Waals surface area contributed by atoms with Gasteiger partial charge >= 0.3 is 0 Å². The predicted octanol–water partition coefficient (Wildman–Crippen LogP) is 5.24. The van der Waals surface area contributed by atoms with Crippen molar-refractivity contribution in [3.63, 3.8) is 0 Å². The lowest BCUT2D eigenvalue weighted by atomic mass is 9.91. The van der Waals surface area contributed by atoms with E-state index in [1.165, 1.54) is 24.2 Å². The number of ether oxygens (including phenoxy) is 1. The van der Waals surface area contributed by atoms with Crippen molar-refractivity contribution in [3.8, 4) is 0 Å². The van der Waals surface area contributed by atoms with Crippen LogP contribution >= 0.6 is 0 Å². The third kappa shape index (κ3) is 4.80. The normalized spacial score (nSPS) is 26.1. The molecule has 2 saturated heterocycles. The van der Waals surface area contributed by atoms with Crippen molar-refractivity contribution in [3.05, 3.63) is 96.1 Å². The Balaban J connectivity index is 1.06. The van der Waals surface area contributed by atoms with E-state index < -0.39 is 6.30 Å². The lowest BCUT2D eigenvalue weighted by molar-refractivity contribution is 0.0497. The molecule has 0 radical (unpaired) electrons. The van der Waals surface area contributed by atoms with Gasteiger partial charge in [0, 0.05) is 38.6 Å². The Bertz CT molecular complexity index is 1060. The van der Waals surface area contributed by atoms with Crippen LogP contribution in [0.3, 0.4) is 0 Å². The summed E-state index contributed by atoms with van der Waals surface area (Å²) >= 11 is 0. The van der Waals surface area contributed by atoms with Gasteiger partial charge in [0.15, 0.2) is 6.30 Å². The molecule has 1 saturated carbocycles. The molecule has 5 heteroatoms. The van der Waals surface area contributed by atoms with Gasteiger partial charge in [-0.25, -0.2) is 4.39 Å². The number of alkyl halides is 1. The van der Waals surface area contributed by atoms with E-state index in [0.29, 0.717) is 25.0 Å². The highest BCUT2D eigenvalue weighted by atomic mass is 19.1. The quantitative estimate of drug-likeness (QED) is 0.455. The monoisotopic (exact) mass is 471 g/mol. The van der Waals surface area contributed by atoms with E-state index in [0.717, 1.165) is 36.3 Å². The number of nitrogens with one attached hydrogen (secondary N) is 1. The van der Waals surface area contributed by atoms with Crippen molar-refractivity contribution in [2.24, 2.45) is 17.8 Å². The zero-order chi connectivity index (χ0) is 23.6. The fourth-order valence-electron chi connectivity index (χ4n) is 6.17. The molecule has 0 amide bonds. The first-order valence-electron chi connectivity index (χ1n) is 12.9. The molecular weight excluding hydrogens is 437 g/mol. The Kier molecular flexibility index (Phi) is 6.45. The summed E-state index contributed by atoms with van der Waals surface area (Å²) in [5.41, 5.74) is 4.77. The van der Waals surface area contributed by atoms with Gasteiger partial charge in [-0.2, -0.15) is 0 Å². The Hall–Kier alpha value is -2.89. The zero-order valence-electron chi connectivity index (χ0n) is 20.1. The van der Waals surface area contributed by atoms with Gasteiger partial charge in [-0.3, -0.25) is 0 Å². The average Bonchev–Trinajstić information content (AvgIpc) is 3.37. The first-order chi connectivity index (χ1) is 17.3. The number of hydrogen-bond acceptors (Lipinski definition) is 4. The van der Waals surface area contributed by atoms with E-state index in [9.17, 15) is 4.39 Å². The molecule has 6 rings (SSSR count). The van der Waals surface area contributed by atoms with E-state index in [-0.39, 0.29) is 6.61 Å². The molecule has 1 aliphatic carbocycles. The number of rotatable bonds is 8. The van der Waals surface area contributed by atoms with Gasteiger partial charge in [-0.15, -0.1) is 0 Å². The van der Waals surface area contributed by atoms with Crippen molar-refractivity contribution >= 4 is 11.4 Å². The molecule has 3 unspecified atom stereocenters. The van der Waals surface area contributed by atoms with E-state index >= 15 is 0 Å². The summed E-state index contributed by atoms with van der Waals surface area (Å²) in [7, 11) is 0. The topological polar surface area (TPSA) is 27.7 Å². The van der Waals surface area contributed by atoms with Crippen molar-refractivity contribution in [1.29, 1.82) is 0 Å². The van der Waals surface area contributed by atoms with Crippen LogP contribution in [0, 0.1) is 17.8 Å². The highest BCUT2D eigenvalue weighted by molar-refractivity contribution is 5.70. The molecule has 1 N–H and O–H groups in total. The Morgan fingerprint density at radius 1 is 0.857 bits per heavy atom. The molecule has 3 aromatic rings. The third-order valence-electron chi connectivity index (χ3n) is 8.10. The molecule has 0 bridgehead atoms. The minimum atomic E-state index is -1.08. The number of halogens is 1. The van der Waals surface area contributed by atoms with Gasteiger partial charge < -0.3 is 19.9 Å². The molecule has 3 fully saturated rings. The van der Waals surface area contributed by atoms with Crippen molar-refractivity contribution in [2.45, 2.75) is 12.2 Å². The third-order valence-corrected chi connectivity index (χ3v) is 8.10. The smallest absolute Gasteiger partial charge is 0.196 e. The standard InChI is InChI=1S/C30H34FN3O/c31-30-21-35-16-15-34(30)29-14-8-7-13-28(29)32-17-24-26-19-33(20-27(24)26)18-25(22-9-3-1-4-10-22)23-11-5-2-6-12-23/h1-14,24-27,30,32H,15-21H2. The Morgan fingerprint density at radius 3 is 2.14 bits per heavy atom. The minimum absolute atomic E-state index is 0.143. The van der Waals surface area contributed by atoms with Gasteiger partial charge in [0.25, 0.3) is 0 Å². The molecule has 3 aromatic carbocycles. The van der Waals surface area contributed by atoms with Gasteiger partial charge in [-0.05, 0) is 41.0 Å². The van der Waals surface area contributed by atoms with Gasteiger partial charge in [0.2, 0.25) is 0 Å². The van der Waals surface area contributed by atoms with E-state index in [4.69, 9.17) is 4.74 Å². The molecule has 3 aliphatic rings. The summed E-state index contributed by atoms with van der Waals surface area (Å²) in [6.45, 7) is 5.68. The molecule has 3 atom stereocenters. The van der Waals surface area contributed by atoms with Crippen LogP contribution in [0.25, 0.3) is 0 Å². The Morgan fingerprint density at radius 2 is 1.49 bits per heavy atom. The number of hydrogen-bond donors (Lipinski definition) is 1. The second-order valence-electron chi connectivity index (χ2n) is 10.2. The summed E-state index contributed by atoms with van der Waals surface area (Å²) in [6.07, 6.45) is -1.08. The second kappa shape index (κ2) is 10.00. The Labute approximate surface area is 207 Å². The predicted molar refractivity (Wildman–Crippen MR) is 140 cm³/mol. The SMILES string of the molecule is FC1COCCN1c1ccccc1NCC1C2CN(CC(c3ccccc3)c3ccccc3)CC12. The zero-order valence-corrected chi connectivity index (χ0v) is 20.1. The lowest BCUT2D eigenvalue weighted by Gasteiger charge is -2.33. The van der Waals surface area contributed by atoms with Crippen LogP contribution < -0.4 is 10.2 Å². The van der Waals surface area contributed by atoms with E-state index in [1.54, 1.807) is 0 Å². The van der Waals surface area contributed by atoms with E-state index in [1.807, 2.05) is 23.1 Å². The van der Waals surface area contributed by atoms with Gasteiger partial charge in [0.1, 0.15) is 0 Å². The summed E-state index contributed by atoms with van der Waals surface area (Å²) < 4.78 is 19.8. The molecule has 35 heavy (non-hydrogen) atoms. The molecule has 2 aliphatic heterocycles. The van der Waals surface area contributed by atoms with Crippen LogP contribution in [0.5, 0.6) is 0 Å². The molecule has 2 heterocycles. The lowest BCUT2D eigenvalue weighted by Crippen LogP contribution is -2.43. The molecule has 0 aromatic heterocycles. The van der Waals surface area contributed by atoms with E-state index in [2.05, 4.69) is 76.9 Å². The van der Waals surface area contributed by atoms with Crippen molar-refractivity contribution in [2.75, 3.05) is 56.2 Å². The maximum absolute atomic E-state index is 14.5. The van der Waals surface area contributed by atoms with Gasteiger partial charge in [0.05, 0.1) is 24.6 Å². The first kappa shape index (κ1) is 22.6. The highest BCUT2D eigenvalue weighted by Gasteiger charge is 2.55. The number of benzene rings is 3. The van der Waals surface area contributed by atoms with Crippen molar-refractivity contribution in [1.82, 2.24) is 4.90 Å². The van der Waals surface area contributed by atoms with Crippen LogP contribution in [-0.4, -0.2) is 57.1 Å². The number of likely N-dealkylation sites (tertiary alicyclic amines) is 1. The largest absolute Gasteiger partial charge is 0.383 e. The summed E-state index contributed by atoms with van der Waals surface area (Å²) in [5.74, 6) is 2.64. The average molecular weight is 472 g/mol. The molecule has 4 nitrogen and oxygen atoms in total. The van der Waals surface area contributed by atoms with Crippen molar-refractivity contribution < 1.29 is 9.13 Å². The number of fused-ring (bicyclic) bond motifs is 1. The molecule has 182 valence electrons. The first-order valence-corrected chi connectivity index (χ1v) is 12.9. The second-order valence-corrected chi connectivity index (χ2v) is 10.2. The number of para-hydroxylation sites is 2. The maximum Gasteiger partial charge on any atom is 0.196 e. The van der Waals surface area contributed by atoms with Crippen LogP contribution in [-0.2, 0) is 4.74 Å². The number of nitrogens with zero attached hydrogens (tertiary/aromatic N) is 2. The number of anilines is 2. The fourth-order valence-corrected chi connectivity index (χ4v) is 6.17. The summed E-state index contributed by atoms with van der Waals surface area (Å²) in [5, 5.41) is 3.66. The van der Waals surface area contributed by atoms with Gasteiger partial charge in [-0.1, -0.05) is 72.8 Å². The molecular formula is C30H34FN3O. The number of piperidine rings is 1. The maximum atomic E-state index is 14.5. The fraction of sp³-hybridized carbons (Fsp3) is 0.400. The van der Waals surface area contributed by atoms with Crippen LogP contribution in [0.1, 0.15) is 17.0 Å². The molecule has 0 spiro atoms. The van der Waals surface area contributed by atoms with Crippen LogP contribution in [0.4, 0.5) is 15.8 Å². The van der Waals surface area contributed by atoms with Crippen LogP contribution in [0.15, 0.2) is 84.9 Å². The summed E-state index contributed by atoms with van der Waals surface area (Å²) in [6, 6.07) is 29.9. The number of morpholine rings is 1. The highest BCUT2D eigenvalue weighted by Crippen LogP contribution is 2.52. The summed E-state index contributed by atoms with van der Waals surface area (Å²) in [4.78, 5) is 4.49.